The Hall–Kier alpha value is -1.84. The predicted octanol–water partition coefficient (Wildman–Crippen LogP) is 3.80. The topological polar surface area (TPSA) is 49.4 Å². The number of carbonyl (C=O) groups is 2. The summed E-state index contributed by atoms with van der Waals surface area (Å²) in [5.74, 6) is 1.73. The smallest absolute Gasteiger partial charge is 0.223 e. The van der Waals surface area contributed by atoms with Crippen molar-refractivity contribution in [3.8, 4) is 0 Å². The number of aryl methyl sites for hydroxylation is 1. The zero-order valence-corrected chi connectivity index (χ0v) is 16.8. The second-order valence-electron chi connectivity index (χ2n) is 8.52. The minimum atomic E-state index is 0.0626. The molecule has 0 spiro atoms. The SMILES string of the molecule is C[C@H]1[C@H](C)CCC[C@@H]1NC(=O)C1CCN(C(=O)CCc2ccccc2)CC1. The Morgan fingerprint density at radius 2 is 1.74 bits per heavy atom. The highest BCUT2D eigenvalue weighted by atomic mass is 16.2. The quantitative estimate of drug-likeness (QED) is 0.857. The highest BCUT2D eigenvalue weighted by molar-refractivity contribution is 5.80. The second-order valence-corrected chi connectivity index (χ2v) is 8.52. The molecule has 1 aliphatic heterocycles. The van der Waals surface area contributed by atoms with Crippen molar-refractivity contribution in [2.75, 3.05) is 13.1 Å². The molecule has 1 aromatic rings. The molecule has 1 saturated heterocycles. The van der Waals surface area contributed by atoms with Gasteiger partial charge in [-0.05, 0) is 43.1 Å². The lowest BCUT2D eigenvalue weighted by Crippen LogP contribution is -2.48. The number of benzene rings is 1. The molecule has 1 N–H and O–H groups in total. The van der Waals surface area contributed by atoms with Gasteiger partial charge < -0.3 is 10.2 Å². The largest absolute Gasteiger partial charge is 0.353 e. The van der Waals surface area contributed by atoms with E-state index in [-0.39, 0.29) is 17.7 Å². The number of nitrogens with one attached hydrogen (secondary N) is 1. The van der Waals surface area contributed by atoms with E-state index in [0.29, 0.717) is 37.4 Å². The van der Waals surface area contributed by atoms with Crippen molar-refractivity contribution in [3.63, 3.8) is 0 Å². The fourth-order valence-electron chi connectivity index (χ4n) is 4.53. The van der Waals surface area contributed by atoms with E-state index in [2.05, 4.69) is 31.3 Å². The molecule has 4 heteroatoms. The zero-order chi connectivity index (χ0) is 19.2. The van der Waals surface area contributed by atoms with E-state index in [4.69, 9.17) is 0 Å². The van der Waals surface area contributed by atoms with Gasteiger partial charge in [0.15, 0.2) is 0 Å². The number of carbonyl (C=O) groups excluding carboxylic acids is 2. The number of rotatable bonds is 5. The fraction of sp³-hybridized carbons (Fsp3) is 0.652. The van der Waals surface area contributed by atoms with Crippen LogP contribution >= 0.6 is 0 Å². The van der Waals surface area contributed by atoms with E-state index in [0.717, 1.165) is 25.7 Å². The van der Waals surface area contributed by atoms with Crippen LogP contribution in [0.1, 0.15) is 57.9 Å². The molecule has 0 unspecified atom stereocenters. The van der Waals surface area contributed by atoms with E-state index in [1.165, 1.54) is 18.4 Å². The molecule has 4 nitrogen and oxygen atoms in total. The Balaban J connectivity index is 1.41. The number of nitrogens with zero attached hydrogens (tertiary/aromatic N) is 1. The Kier molecular flexibility index (Phi) is 6.92. The van der Waals surface area contributed by atoms with Crippen LogP contribution in [0.25, 0.3) is 0 Å². The summed E-state index contributed by atoms with van der Waals surface area (Å²) >= 11 is 0. The van der Waals surface area contributed by atoms with Crippen LogP contribution in [0.5, 0.6) is 0 Å². The third-order valence-corrected chi connectivity index (χ3v) is 6.72. The molecular weight excluding hydrogens is 336 g/mol. The van der Waals surface area contributed by atoms with Gasteiger partial charge in [-0.1, -0.05) is 57.0 Å². The van der Waals surface area contributed by atoms with Gasteiger partial charge in [0.05, 0.1) is 0 Å². The van der Waals surface area contributed by atoms with E-state index >= 15 is 0 Å². The highest BCUT2D eigenvalue weighted by Crippen LogP contribution is 2.30. The normalized spacial score (nSPS) is 26.6. The zero-order valence-electron chi connectivity index (χ0n) is 16.8. The molecule has 1 heterocycles. The predicted molar refractivity (Wildman–Crippen MR) is 108 cm³/mol. The molecule has 2 amide bonds. The first-order chi connectivity index (χ1) is 13.0. The first kappa shape index (κ1) is 19.9. The van der Waals surface area contributed by atoms with Gasteiger partial charge in [0.1, 0.15) is 0 Å². The molecule has 0 bridgehead atoms. The molecule has 3 atom stereocenters. The van der Waals surface area contributed by atoms with E-state index in [9.17, 15) is 9.59 Å². The maximum Gasteiger partial charge on any atom is 0.223 e. The number of hydrogen-bond acceptors (Lipinski definition) is 2. The molecular formula is C23H34N2O2. The van der Waals surface area contributed by atoms with Crippen LogP contribution in [0.2, 0.25) is 0 Å². The van der Waals surface area contributed by atoms with Crippen LogP contribution in [0.15, 0.2) is 30.3 Å². The van der Waals surface area contributed by atoms with Gasteiger partial charge in [-0.25, -0.2) is 0 Å². The third kappa shape index (κ3) is 5.33. The lowest BCUT2D eigenvalue weighted by molar-refractivity contribution is -0.136. The van der Waals surface area contributed by atoms with Crippen LogP contribution in [-0.4, -0.2) is 35.8 Å². The van der Waals surface area contributed by atoms with E-state index in [1.807, 2.05) is 23.1 Å². The van der Waals surface area contributed by atoms with Crippen LogP contribution in [0.4, 0.5) is 0 Å². The monoisotopic (exact) mass is 370 g/mol. The molecule has 1 aliphatic carbocycles. The van der Waals surface area contributed by atoms with Crippen LogP contribution in [0, 0.1) is 17.8 Å². The van der Waals surface area contributed by atoms with Crippen molar-refractivity contribution in [2.45, 2.75) is 64.8 Å². The lowest BCUT2D eigenvalue weighted by Gasteiger charge is -2.37. The molecule has 27 heavy (non-hydrogen) atoms. The van der Waals surface area contributed by atoms with Crippen molar-refractivity contribution in [3.05, 3.63) is 35.9 Å². The Morgan fingerprint density at radius 1 is 1.04 bits per heavy atom. The standard InChI is InChI=1S/C23H34N2O2/c1-17-7-6-10-21(18(17)2)24-23(27)20-13-15-25(16-14-20)22(26)12-11-19-8-4-3-5-9-19/h3-5,8-9,17-18,20-21H,6-7,10-16H2,1-2H3,(H,24,27)/t17-,18+,21+/m1/s1. The summed E-state index contributed by atoms with van der Waals surface area (Å²) in [5.41, 5.74) is 1.20. The van der Waals surface area contributed by atoms with Crippen LogP contribution in [-0.2, 0) is 16.0 Å². The fourth-order valence-corrected chi connectivity index (χ4v) is 4.53. The minimum absolute atomic E-state index is 0.0626. The summed E-state index contributed by atoms with van der Waals surface area (Å²) in [6.45, 7) is 5.98. The second kappa shape index (κ2) is 9.38. The molecule has 148 valence electrons. The molecule has 2 fully saturated rings. The van der Waals surface area contributed by atoms with Gasteiger partial charge in [0.25, 0.3) is 0 Å². The molecule has 1 saturated carbocycles. The summed E-state index contributed by atoms with van der Waals surface area (Å²) < 4.78 is 0. The van der Waals surface area contributed by atoms with Gasteiger partial charge in [0, 0.05) is 31.5 Å². The van der Waals surface area contributed by atoms with Crippen LogP contribution in [0.3, 0.4) is 0 Å². The van der Waals surface area contributed by atoms with Crippen molar-refractivity contribution >= 4 is 11.8 Å². The van der Waals surface area contributed by atoms with Gasteiger partial charge in [0.2, 0.25) is 11.8 Å². The molecule has 0 aromatic heterocycles. The maximum atomic E-state index is 12.7. The summed E-state index contributed by atoms with van der Waals surface area (Å²) in [5, 5.41) is 3.32. The highest BCUT2D eigenvalue weighted by Gasteiger charge is 2.32. The average molecular weight is 371 g/mol. The van der Waals surface area contributed by atoms with Crippen molar-refractivity contribution in [1.82, 2.24) is 10.2 Å². The third-order valence-electron chi connectivity index (χ3n) is 6.72. The minimum Gasteiger partial charge on any atom is -0.353 e. The molecule has 2 aliphatic rings. The van der Waals surface area contributed by atoms with E-state index in [1.54, 1.807) is 0 Å². The van der Waals surface area contributed by atoms with Crippen molar-refractivity contribution in [2.24, 2.45) is 17.8 Å². The average Bonchev–Trinajstić information content (AvgIpc) is 2.70. The van der Waals surface area contributed by atoms with Crippen molar-refractivity contribution in [1.29, 1.82) is 0 Å². The van der Waals surface area contributed by atoms with Gasteiger partial charge in [-0.15, -0.1) is 0 Å². The number of amides is 2. The Morgan fingerprint density at radius 3 is 2.44 bits per heavy atom. The lowest BCUT2D eigenvalue weighted by atomic mass is 9.78. The number of likely N-dealkylation sites (tertiary alicyclic amines) is 1. The Labute approximate surface area is 163 Å². The summed E-state index contributed by atoms with van der Waals surface area (Å²) in [6.07, 6.45) is 6.52. The van der Waals surface area contributed by atoms with Gasteiger partial charge >= 0.3 is 0 Å². The first-order valence-electron chi connectivity index (χ1n) is 10.7. The van der Waals surface area contributed by atoms with Crippen LogP contribution < -0.4 is 5.32 Å². The maximum absolute atomic E-state index is 12.7. The number of piperidine rings is 1. The van der Waals surface area contributed by atoms with E-state index < -0.39 is 0 Å². The Bertz CT molecular complexity index is 623. The van der Waals surface area contributed by atoms with Crippen molar-refractivity contribution < 1.29 is 9.59 Å². The first-order valence-corrected chi connectivity index (χ1v) is 10.7. The molecule has 0 radical (unpaired) electrons. The summed E-state index contributed by atoms with van der Waals surface area (Å²) in [4.78, 5) is 27.1. The molecule has 3 rings (SSSR count). The molecule has 1 aromatic carbocycles. The number of hydrogen-bond donors (Lipinski definition) is 1. The summed E-state index contributed by atoms with van der Waals surface area (Å²) in [6, 6.07) is 10.5. The summed E-state index contributed by atoms with van der Waals surface area (Å²) in [7, 11) is 0. The van der Waals surface area contributed by atoms with Gasteiger partial charge in [-0.2, -0.15) is 0 Å². The van der Waals surface area contributed by atoms with Gasteiger partial charge in [-0.3, -0.25) is 9.59 Å².